The van der Waals surface area contributed by atoms with Gasteiger partial charge in [-0.1, -0.05) is 20.3 Å². The third-order valence-electron chi connectivity index (χ3n) is 2.20. The van der Waals surface area contributed by atoms with Crippen LogP contribution in [0.1, 0.15) is 50.0 Å². The summed E-state index contributed by atoms with van der Waals surface area (Å²) in [6, 6.07) is -3.22. The first-order valence-electron chi connectivity index (χ1n) is 8.95. The summed E-state index contributed by atoms with van der Waals surface area (Å²) in [7, 11) is 0. The van der Waals surface area contributed by atoms with Gasteiger partial charge in [-0.25, -0.2) is 9.59 Å². The third kappa shape index (κ3) is 7.76. The molecule has 0 heterocycles. The monoisotopic (exact) mass is 267 g/mol. The zero-order valence-corrected chi connectivity index (χ0v) is 10.5. The topological polar surface area (TPSA) is 90.7 Å². The molecule has 106 valence electrons. The molecule has 0 aromatic rings. The lowest BCUT2D eigenvalue weighted by Gasteiger charge is -2.27. The minimum Gasteiger partial charge on any atom is -0.449 e. The van der Waals surface area contributed by atoms with Crippen molar-refractivity contribution >= 4 is 12.2 Å². The molecule has 1 unspecified atom stereocenters. The lowest BCUT2D eigenvalue weighted by molar-refractivity contribution is 0.0333. The molecule has 0 saturated carbocycles. The van der Waals surface area contributed by atoms with E-state index in [4.69, 9.17) is 24.8 Å². The predicted molar refractivity (Wildman–Crippen MR) is 68.2 cm³/mol. The minimum atomic E-state index is -3.31. The molecule has 6 nitrogen and oxygen atoms in total. The van der Waals surface area contributed by atoms with Gasteiger partial charge in [0.15, 0.2) is 0 Å². The third-order valence-corrected chi connectivity index (χ3v) is 2.20. The number of amides is 2. The normalized spacial score (nSPS) is 21.6. The SMILES string of the molecule is [2H]C([2H])([2H])C([2H])(NC(=O)OCC(C)(CCC)COC(N)=O)C([2H])([2H])[2H]. The highest BCUT2D eigenvalue weighted by Crippen LogP contribution is 2.24. The van der Waals surface area contributed by atoms with Gasteiger partial charge in [0.25, 0.3) is 0 Å². The maximum atomic E-state index is 11.9. The van der Waals surface area contributed by atoms with Gasteiger partial charge in [0, 0.05) is 19.7 Å². The summed E-state index contributed by atoms with van der Waals surface area (Å²) in [6.45, 7) is -3.56. The Morgan fingerprint density at radius 2 is 2.06 bits per heavy atom. The Kier molecular flexibility index (Phi) is 3.40. The van der Waals surface area contributed by atoms with Crippen molar-refractivity contribution in [3.05, 3.63) is 0 Å². The maximum absolute atomic E-state index is 11.9. The molecular formula is C12H24N2O4. The number of nitrogens with two attached hydrogens (primary N) is 1. The zero-order chi connectivity index (χ0) is 20.1. The molecule has 0 aromatic carbocycles. The van der Waals surface area contributed by atoms with Crippen LogP contribution in [0.3, 0.4) is 0 Å². The number of nitrogens with one attached hydrogen (secondary N) is 1. The van der Waals surface area contributed by atoms with Crippen molar-refractivity contribution in [3.63, 3.8) is 0 Å². The van der Waals surface area contributed by atoms with Gasteiger partial charge in [0.05, 0.1) is 1.37 Å². The first-order valence-corrected chi connectivity index (χ1v) is 5.45. The van der Waals surface area contributed by atoms with Crippen LogP contribution < -0.4 is 11.1 Å². The molecule has 0 aliphatic heterocycles. The molecule has 3 N–H and O–H groups in total. The van der Waals surface area contributed by atoms with Gasteiger partial charge in [-0.2, -0.15) is 0 Å². The minimum absolute atomic E-state index is 0.145. The number of carbonyl (C=O) groups is 2. The fourth-order valence-corrected chi connectivity index (χ4v) is 1.41. The second-order valence-electron chi connectivity index (χ2n) is 4.24. The number of ether oxygens (including phenoxy) is 2. The van der Waals surface area contributed by atoms with E-state index < -0.39 is 37.3 Å². The number of hydrogen-bond donors (Lipinski definition) is 2. The number of carbonyl (C=O) groups excluding carboxylic acids is 2. The van der Waals surface area contributed by atoms with Crippen LogP contribution in [-0.4, -0.2) is 31.4 Å². The summed E-state index contributed by atoms with van der Waals surface area (Å²) < 4.78 is 60.5. The van der Waals surface area contributed by atoms with E-state index >= 15 is 0 Å². The van der Waals surface area contributed by atoms with Gasteiger partial charge in [-0.05, 0) is 20.1 Å². The van der Waals surface area contributed by atoms with E-state index in [1.807, 2.05) is 6.92 Å². The van der Waals surface area contributed by atoms with E-state index in [-0.39, 0.29) is 13.2 Å². The summed E-state index contributed by atoms with van der Waals surface area (Å²) in [4.78, 5) is 22.6. The van der Waals surface area contributed by atoms with Gasteiger partial charge >= 0.3 is 12.2 Å². The van der Waals surface area contributed by atoms with Crippen molar-refractivity contribution in [2.24, 2.45) is 11.1 Å². The number of hydrogen-bond acceptors (Lipinski definition) is 4. The Morgan fingerprint density at radius 3 is 2.56 bits per heavy atom. The molecule has 0 fully saturated rings. The average Bonchev–Trinajstić information content (AvgIpc) is 2.41. The Morgan fingerprint density at radius 1 is 1.44 bits per heavy atom. The molecule has 0 rings (SSSR count). The summed E-state index contributed by atoms with van der Waals surface area (Å²) in [5.41, 5.74) is 4.10. The van der Waals surface area contributed by atoms with E-state index in [0.717, 1.165) is 0 Å². The summed E-state index contributed by atoms with van der Waals surface area (Å²) >= 11 is 0. The van der Waals surface area contributed by atoms with Crippen LogP contribution in [0.4, 0.5) is 9.59 Å². The van der Waals surface area contributed by atoms with Crippen molar-refractivity contribution in [1.29, 1.82) is 0 Å². The van der Waals surface area contributed by atoms with Crippen LogP contribution in [0.2, 0.25) is 0 Å². The second kappa shape index (κ2) is 7.79. The maximum Gasteiger partial charge on any atom is 0.407 e. The van der Waals surface area contributed by atoms with Crippen LogP contribution >= 0.6 is 0 Å². The highest BCUT2D eigenvalue weighted by Gasteiger charge is 2.27. The number of rotatable bonds is 7. The van der Waals surface area contributed by atoms with Crippen LogP contribution in [0, 0.1) is 5.41 Å². The Balaban J connectivity index is 5.04. The van der Waals surface area contributed by atoms with E-state index in [1.54, 1.807) is 12.2 Å². The van der Waals surface area contributed by atoms with Gasteiger partial charge in [0.1, 0.15) is 13.2 Å². The smallest absolute Gasteiger partial charge is 0.407 e. The van der Waals surface area contributed by atoms with Crippen LogP contribution in [0.15, 0.2) is 0 Å². The molecule has 18 heavy (non-hydrogen) atoms. The Hall–Kier alpha value is -1.46. The van der Waals surface area contributed by atoms with Gasteiger partial charge in [0.2, 0.25) is 0 Å². The largest absolute Gasteiger partial charge is 0.449 e. The van der Waals surface area contributed by atoms with Gasteiger partial charge in [-0.3, -0.25) is 0 Å². The first-order chi connectivity index (χ1) is 11.1. The van der Waals surface area contributed by atoms with E-state index in [1.165, 1.54) is 0 Å². The zero-order valence-electron chi connectivity index (χ0n) is 17.5. The summed E-state index contributed by atoms with van der Waals surface area (Å²) in [5, 5.41) is 1.60. The Bertz CT molecular complexity index is 467. The van der Waals surface area contributed by atoms with Gasteiger partial charge < -0.3 is 20.5 Å². The van der Waals surface area contributed by atoms with E-state index in [0.29, 0.717) is 12.8 Å². The van der Waals surface area contributed by atoms with Crippen LogP contribution in [-0.2, 0) is 9.47 Å². The second-order valence-corrected chi connectivity index (χ2v) is 4.24. The molecular weight excluding hydrogens is 236 g/mol. The Labute approximate surface area is 118 Å². The molecule has 2 amide bonds. The van der Waals surface area contributed by atoms with Crippen molar-refractivity contribution < 1.29 is 28.7 Å². The lowest BCUT2D eigenvalue weighted by Crippen LogP contribution is -2.37. The average molecular weight is 267 g/mol. The summed E-state index contributed by atoms with van der Waals surface area (Å²) in [6.07, 6.45) is -1.22. The van der Waals surface area contributed by atoms with Gasteiger partial charge in [-0.15, -0.1) is 0 Å². The predicted octanol–water partition coefficient (Wildman–Crippen LogP) is 2.02. The molecule has 1 atom stereocenters. The summed E-state index contributed by atoms with van der Waals surface area (Å²) in [5.74, 6) is 0. The highest BCUT2D eigenvalue weighted by atomic mass is 16.6. The standard InChI is InChI=1S/C12H24N2O4/c1-5-6-12(4,7-17-10(13)15)8-18-11(16)14-9(2)3/h9H,5-8H2,1-4H3,(H2,13,15)(H,14,16)/i2D3,3D3,9D. The van der Waals surface area contributed by atoms with Crippen molar-refractivity contribution in [1.82, 2.24) is 5.32 Å². The molecule has 0 radical (unpaired) electrons. The molecule has 0 aliphatic carbocycles. The van der Waals surface area contributed by atoms with Crippen LogP contribution in [0.5, 0.6) is 0 Å². The molecule has 0 spiro atoms. The highest BCUT2D eigenvalue weighted by molar-refractivity contribution is 5.67. The van der Waals surface area contributed by atoms with E-state index in [9.17, 15) is 9.59 Å². The fraction of sp³-hybridized carbons (Fsp3) is 0.833. The van der Waals surface area contributed by atoms with Crippen molar-refractivity contribution in [2.45, 2.75) is 46.4 Å². The lowest BCUT2D eigenvalue weighted by atomic mass is 9.87. The molecule has 0 bridgehead atoms. The molecule has 6 heteroatoms. The number of alkyl carbamates (subject to hydrolysis) is 1. The first kappa shape index (κ1) is 7.86. The van der Waals surface area contributed by atoms with Crippen molar-refractivity contribution in [3.8, 4) is 0 Å². The van der Waals surface area contributed by atoms with E-state index in [2.05, 4.69) is 0 Å². The van der Waals surface area contributed by atoms with Crippen LogP contribution in [0.25, 0.3) is 0 Å². The fourth-order valence-electron chi connectivity index (χ4n) is 1.41. The quantitative estimate of drug-likeness (QED) is 0.738. The molecule has 0 saturated heterocycles. The molecule has 0 aromatic heterocycles. The van der Waals surface area contributed by atoms with Crippen molar-refractivity contribution in [2.75, 3.05) is 13.2 Å². The molecule has 0 aliphatic rings. The number of primary amides is 1.